The topological polar surface area (TPSA) is 74.1 Å². The molecule has 0 atom stereocenters. The monoisotopic (exact) mass is 417 g/mol. The summed E-state index contributed by atoms with van der Waals surface area (Å²) >= 11 is 6.10. The van der Waals surface area contributed by atoms with E-state index in [0.717, 1.165) is 12.8 Å². The van der Waals surface area contributed by atoms with Crippen molar-refractivity contribution in [3.63, 3.8) is 0 Å². The zero-order valence-electron chi connectivity index (χ0n) is 17.3. The molecule has 1 amide bonds. The van der Waals surface area contributed by atoms with Crippen molar-refractivity contribution in [2.75, 3.05) is 12.4 Å². The molecule has 0 aromatic heterocycles. The number of nitriles is 1. The van der Waals surface area contributed by atoms with Crippen LogP contribution in [0.5, 0.6) is 5.75 Å². The van der Waals surface area contributed by atoms with Crippen LogP contribution in [0.3, 0.4) is 0 Å². The first-order valence-corrected chi connectivity index (χ1v) is 11.0. The van der Waals surface area contributed by atoms with Crippen LogP contribution in [0, 0.1) is 11.3 Å². The molecule has 0 radical (unpaired) electrons. The minimum absolute atomic E-state index is 0.0584. The van der Waals surface area contributed by atoms with Gasteiger partial charge in [-0.2, -0.15) is 5.26 Å². The maximum absolute atomic E-state index is 12.5. The van der Waals surface area contributed by atoms with E-state index in [2.05, 4.69) is 10.6 Å². The first kappa shape index (κ1) is 23.1. The van der Waals surface area contributed by atoms with E-state index in [1.54, 1.807) is 24.4 Å². The maximum atomic E-state index is 12.5. The van der Waals surface area contributed by atoms with Gasteiger partial charge in [0.25, 0.3) is 5.91 Å². The van der Waals surface area contributed by atoms with E-state index in [1.807, 2.05) is 6.07 Å². The molecule has 29 heavy (non-hydrogen) atoms. The Morgan fingerprint density at radius 3 is 2.21 bits per heavy atom. The van der Waals surface area contributed by atoms with Crippen molar-refractivity contribution in [2.24, 2.45) is 0 Å². The number of nitrogens with zero attached hydrogens (tertiary/aromatic N) is 1. The molecule has 1 aromatic carbocycles. The molecule has 5 nitrogen and oxygen atoms in total. The van der Waals surface area contributed by atoms with Crippen LogP contribution in [-0.2, 0) is 4.79 Å². The minimum atomic E-state index is -0.450. The van der Waals surface area contributed by atoms with Gasteiger partial charge in [0, 0.05) is 17.9 Å². The van der Waals surface area contributed by atoms with Gasteiger partial charge in [-0.3, -0.25) is 4.79 Å². The Balaban J connectivity index is 1.94. The number of hydrogen-bond donors (Lipinski definition) is 2. The smallest absolute Gasteiger partial charge is 0.267 e. The standard InChI is InChI=1S/C23H32ClN3O2/c1-29-22-14-13-20(15-21(22)24)27-23(28)18(16-25)17-26-19-11-9-7-5-3-2-4-6-8-10-12-19/h13-15,17,19,26H,2-12H2,1H3,(H,27,28)/b18-17-. The number of ether oxygens (including phenoxy) is 1. The molecule has 6 heteroatoms. The predicted octanol–water partition coefficient (Wildman–Crippen LogP) is 5.96. The summed E-state index contributed by atoms with van der Waals surface area (Å²) in [7, 11) is 1.53. The van der Waals surface area contributed by atoms with Gasteiger partial charge >= 0.3 is 0 Å². The molecular weight excluding hydrogens is 386 g/mol. The molecule has 158 valence electrons. The van der Waals surface area contributed by atoms with Gasteiger partial charge in [-0.05, 0) is 31.0 Å². The van der Waals surface area contributed by atoms with E-state index in [9.17, 15) is 10.1 Å². The largest absolute Gasteiger partial charge is 0.495 e. The maximum Gasteiger partial charge on any atom is 0.267 e. The minimum Gasteiger partial charge on any atom is -0.495 e. The highest BCUT2D eigenvalue weighted by molar-refractivity contribution is 6.32. The van der Waals surface area contributed by atoms with Crippen LogP contribution in [0.1, 0.15) is 70.6 Å². The second-order valence-electron chi connectivity index (χ2n) is 7.60. The van der Waals surface area contributed by atoms with E-state index in [4.69, 9.17) is 16.3 Å². The van der Waals surface area contributed by atoms with Crippen molar-refractivity contribution < 1.29 is 9.53 Å². The third-order valence-corrected chi connectivity index (χ3v) is 5.64. The number of rotatable bonds is 5. The molecule has 2 rings (SSSR count). The van der Waals surface area contributed by atoms with Crippen LogP contribution >= 0.6 is 11.6 Å². The molecule has 0 spiro atoms. The number of methoxy groups -OCH3 is 1. The third kappa shape index (κ3) is 8.37. The number of anilines is 1. The van der Waals surface area contributed by atoms with E-state index in [-0.39, 0.29) is 5.57 Å². The summed E-state index contributed by atoms with van der Waals surface area (Å²) in [5, 5.41) is 15.9. The van der Waals surface area contributed by atoms with Crippen LogP contribution < -0.4 is 15.4 Å². The number of hydrogen-bond acceptors (Lipinski definition) is 4. The Bertz CT molecular complexity index is 715. The molecule has 1 saturated carbocycles. The summed E-state index contributed by atoms with van der Waals surface area (Å²) < 4.78 is 5.11. The number of amides is 1. The highest BCUT2D eigenvalue weighted by Gasteiger charge is 2.13. The summed E-state index contributed by atoms with van der Waals surface area (Å²) in [5.74, 6) is 0.0827. The summed E-state index contributed by atoms with van der Waals surface area (Å²) in [6.45, 7) is 0. The Kier molecular flexibility index (Phi) is 10.4. The zero-order chi connectivity index (χ0) is 20.9. The zero-order valence-corrected chi connectivity index (χ0v) is 18.1. The van der Waals surface area contributed by atoms with Crippen molar-refractivity contribution in [3.05, 3.63) is 35.0 Å². The van der Waals surface area contributed by atoms with Gasteiger partial charge in [0.05, 0.1) is 12.1 Å². The molecule has 0 aliphatic heterocycles. The number of benzene rings is 1. The number of carbonyl (C=O) groups excluding carboxylic acids is 1. The fourth-order valence-electron chi connectivity index (χ4n) is 3.62. The fourth-order valence-corrected chi connectivity index (χ4v) is 3.88. The van der Waals surface area contributed by atoms with Crippen molar-refractivity contribution in [1.82, 2.24) is 5.32 Å². The van der Waals surface area contributed by atoms with Crippen LogP contribution in [0.15, 0.2) is 30.0 Å². The van der Waals surface area contributed by atoms with E-state index < -0.39 is 5.91 Å². The average Bonchev–Trinajstić information content (AvgIpc) is 2.70. The van der Waals surface area contributed by atoms with Gasteiger partial charge in [0.2, 0.25) is 0 Å². The Hall–Kier alpha value is -2.19. The van der Waals surface area contributed by atoms with Gasteiger partial charge in [0.15, 0.2) is 0 Å². The molecule has 1 aromatic rings. The summed E-state index contributed by atoms with van der Waals surface area (Å²) in [5.41, 5.74) is 0.580. The third-order valence-electron chi connectivity index (χ3n) is 5.34. The highest BCUT2D eigenvalue weighted by Crippen LogP contribution is 2.27. The number of carbonyl (C=O) groups is 1. The second kappa shape index (κ2) is 13.1. The molecule has 1 aliphatic rings. The van der Waals surface area contributed by atoms with Crippen molar-refractivity contribution in [3.8, 4) is 11.8 Å². The Morgan fingerprint density at radius 1 is 1.10 bits per heavy atom. The quantitative estimate of drug-likeness (QED) is 0.458. The lowest BCUT2D eigenvalue weighted by molar-refractivity contribution is -0.112. The lowest BCUT2D eigenvalue weighted by Crippen LogP contribution is -2.26. The van der Waals surface area contributed by atoms with Gasteiger partial charge in [-0.1, -0.05) is 69.4 Å². The van der Waals surface area contributed by atoms with Gasteiger partial charge in [-0.25, -0.2) is 0 Å². The average molecular weight is 418 g/mol. The van der Waals surface area contributed by atoms with Gasteiger partial charge in [0.1, 0.15) is 17.4 Å². The van der Waals surface area contributed by atoms with Gasteiger partial charge in [-0.15, -0.1) is 0 Å². The van der Waals surface area contributed by atoms with Crippen LogP contribution in [0.25, 0.3) is 0 Å². The normalized spacial score (nSPS) is 17.3. The first-order chi connectivity index (χ1) is 14.1. The fraction of sp³-hybridized carbons (Fsp3) is 0.565. The molecule has 0 heterocycles. The highest BCUT2D eigenvalue weighted by atomic mass is 35.5. The summed E-state index contributed by atoms with van der Waals surface area (Å²) in [6, 6.07) is 7.28. The van der Waals surface area contributed by atoms with Crippen LogP contribution in [0.2, 0.25) is 5.02 Å². The summed E-state index contributed by atoms with van der Waals surface area (Å²) in [6.07, 6.45) is 15.2. The number of nitrogens with one attached hydrogen (secondary N) is 2. The molecule has 1 fully saturated rings. The van der Waals surface area contributed by atoms with Crippen molar-refractivity contribution in [2.45, 2.75) is 76.7 Å². The molecular formula is C23H32ClN3O2. The van der Waals surface area contributed by atoms with Crippen LogP contribution in [0.4, 0.5) is 5.69 Å². The number of halogens is 1. The molecule has 0 saturated heterocycles. The second-order valence-corrected chi connectivity index (χ2v) is 8.00. The predicted molar refractivity (Wildman–Crippen MR) is 118 cm³/mol. The molecule has 2 N–H and O–H groups in total. The van der Waals surface area contributed by atoms with E-state index in [0.29, 0.717) is 22.5 Å². The lowest BCUT2D eigenvalue weighted by atomic mass is 9.98. The molecule has 0 bridgehead atoms. The molecule has 0 unspecified atom stereocenters. The molecule has 1 aliphatic carbocycles. The first-order valence-electron chi connectivity index (χ1n) is 10.6. The van der Waals surface area contributed by atoms with E-state index >= 15 is 0 Å². The Morgan fingerprint density at radius 2 is 1.69 bits per heavy atom. The van der Waals surface area contributed by atoms with Gasteiger partial charge < -0.3 is 15.4 Å². The SMILES string of the molecule is COc1ccc(NC(=O)/C(C#N)=C\NC2CCCCCCCCCCC2)cc1Cl. The van der Waals surface area contributed by atoms with Crippen molar-refractivity contribution in [1.29, 1.82) is 5.26 Å². The summed E-state index contributed by atoms with van der Waals surface area (Å²) in [4.78, 5) is 12.5. The Labute approximate surface area is 179 Å². The van der Waals surface area contributed by atoms with Crippen LogP contribution in [-0.4, -0.2) is 19.1 Å². The lowest BCUT2D eigenvalue weighted by Gasteiger charge is -2.18. The van der Waals surface area contributed by atoms with E-state index in [1.165, 1.54) is 64.9 Å². The van der Waals surface area contributed by atoms with Crippen molar-refractivity contribution >= 4 is 23.2 Å².